The van der Waals surface area contributed by atoms with Gasteiger partial charge in [0.25, 0.3) is 0 Å². The van der Waals surface area contributed by atoms with E-state index in [0.29, 0.717) is 19.0 Å². The number of rotatable bonds is 5. The summed E-state index contributed by atoms with van der Waals surface area (Å²) < 4.78 is 5.44. The zero-order valence-electron chi connectivity index (χ0n) is 11.2. The molecule has 1 rings (SSSR count). The monoisotopic (exact) mass is 239 g/mol. The minimum atomic E-state index is -0.439. The standard InChI is InChI=1S/C12H21N3O2/c1-8-9(2)17-10(15-8)6-14-7-12(3,4)11(16)13-5/h14H,6-7H2,1-5H3,(H,13,16). The lowest BCUT2D eigenvalue weighted by Crippen LogP contribution is -2.41. The minimum Gasteiger partial charge on any atom is -0.444 e. The van der Waals surface area contributed by atoms with Crippen molar-refractivity contribution in [1.82, 2.24) is 15.6 Å². The number of carbonyl (C=O) groups is 1. The molecule has 1 aromatic rings. The van der Waals surface area contributed by atoms with E-state index < -0.39 is 5.41 Å². The molecule has 0 aliphatic rings. The van der Waals surface area contributed by atoms with E-state index in [1.165, 1.54) is 0 Å². The van der Waals surface area contributed by atoms with Crippen molar-refractivity contribution in [2.24, 2.45) is 5.41 Å². The molecule has 0 unspecified atom stereocenters. The van der Waals surface area contributed by atoms with Gasteiger partial charge in [-0.2, -0.15) is 0 Å². The van der Waals surface area contributed by atoms with E-state index in [2.05, 4.69) is 15.6 Å². The SMILES string of the molecule is CNC(=O)C(C)(C)CNCc1nc(C)c(C)o1. The molecule has 0 atom stereocenters. The third-order valence-corrected chi connectivity index (χ3v) is 2.76. The highest BCUT2D eigenvalue weighted by atomic mass is 16.4. The highest BCUT2D eigenvalue weighted by molar-refractivity contribution is 5.81. The third-order valence-electron chi connectivity index (χ3n) is 2.76. The molecule has 0 bridgehead atoms. The number of aromatic nitrogens is 1. The second-order valence-corrected chi connectivity index (χ2v) is 4.82. The van der Waals surface area contributed by atoms with E-state index in [9.17, 15) is 4.79 Å². The molecule has 0 aliphatic heterocycles. The minimum absolute atomic E-state index is 0.0183. The van der Waals surface area contributed by atoms with Crippen molar-refractivity contribution in [1.29, 1.82) is 0 Å². The Morgan fingerprint density at radius 3 is 2.53 bits per heavy atom. The van der Waals surface area contributed by atoms with Crippen LogP contribution in [-0.4, -0.2) is 24.5 Å². The number of hydrogen-bond acceptors (Lipinski definition) is 4. The fourth-order valence-electron chi connectivity index (χ4n) is 1.52. The van der Waals surface area contributed by atoms with Crippen LogP contribution in [0, 0.1) is 19.3 Å². The van der Waals surface area contributed by atoms with E-state index in [1.807, 2.05) is 27.7 Å². The smallest absolute Gasteiger partial charge is 0.226 e. The van der Waals surface area contributed by atoms with Crippen molar-refractivity contribution in [3.8, 4) is 0 Å². The molecule has 1 aromatic heterocycles. The number of nitrogens with zero attached hydrogens (tertiary/aromatic N) is 1. The largest absolute Gasteiger partial charge is 0.444 e. The van der Waals surface area contributed by atoms with E-state index in [1.54, 1.807) is 7.05 Å². The Hall–Kier alpha value is -1.36. The molecule has 1 amide bonds. The van der Waals surface area contributed by atoms with Gasteiger partial charge in [0.05, 0.1) is 17.7 Å². The number of hydrogen-bond donors (Lipinski definition) is 2. The average Bonchev–Trinajstić information content (AvgIpc) is 2.57. The zero-order chi connectivity index (χ0) is 13.1. The number of nitrogens with one attached hydrogen (secondary N) is 2. The van der Waals surface area contributed by atoms with Crippen molar-refractivity contribution < 1.29 is 9.21 Å². The van der Waals surface area contributed by atoms with Crippen molar-refractivity contribution in [3.63, 3.8) is 0 Å². The van der Waals surface area contributed by atoms with E-state index in [-0.39, 0.29) is 5.91 Å². The maximum Gasteiger partial charge on any atom is 0.226 e. The Kier molecular flexibility index (Phi) is 4.28. The summed E-state index contributed by atoms with van der Waals surface area (Å²) in [6, 6.07) is 0. The second kappa shape index (κ2) is 5.31. The molecule has 5 heteroatoms. The molecule has 5 nitrogen and oxygen atoms in total. The Morgan fingerprint density at radius 1 is 1.41 bits per heavy atom. The summed E-state index contributed by atoms with van der Waals surface area (Å²) in [6.07, 6.45) is 0. The Balaban J connectivity index is 2.45. The maximum atomic E-state index is 11.5. The first-order valence-electron chi connectivity index (χ1n) is 5.72. The third kappa shape index (κ3) is 3.56. The number of carbonyl (C=O) groups excluding carboxylic acids is 1. The Bertz CT molecular complexity index is 377. The highest BCUT2D eigenvalue weighted by Gasteiger charge is 2.26. The van der Waals surface area contributed by atoms with Crippen molar-refractivity contribution in [2.75, 3.05) is 13.6 Å². The van der Waals surface area contributed by atoms with Gasteiger partial charge in [-0.25, -0.2) is 4.98 Å². The fourth-order valence-corrected chi connectivity index (χ4v) is 1.52. The van der Waals surface area contributed by atoms with Crippen LogP contribution >= 0.6 is 0 Å². The van der Waals surface area contributed by atoms with Crippen LogP contribution in [0.3, 0.4) is 0 Å². The fraction of sp³-hybridized carbons (Fsp3) is 0.667. The molecule has 0 spiro atoms. The first kappa shape index (κ1) is 13.7. The van der Waals surface area contributed by atoms with Crippen molar-refractivity contribution in [3.05, 3.63) is 17.3 Å². The quantitative estimate of drug-likeness (QED) is 0.809. The number of aryl methyl sites for hydroxylation is 2. The van der Waals surface area contributed by atoms with Crippen LogP contribution in [-0.2, 0) is 11.3 Å². The molecule has 96 valence electrons. The summed E-state index contributed by atoms with van der Waals surface area (Å²) in [5, 5.41) is 5.83. The lowest BCUT2D eigenvalue weighted by molar-refractivity contribution is -0.128. The van der Waals surface area contributed by atoms with Crippen LogP contribution < -0.4 is 10.6 Å². The van der Waals surface area contributed by atoms with Crippen LogP contribution in [0.15, 0.2) is 4.42 Å². The maximum absolute atomic E-state index is 11.5. The zero-order valence-corrected chi connectivity index (χ0v) is 11.2. The highest BCUT2D eigenvalue weighted by Crippen LogP contribution is 2.14. The summed E-state index contributed by atoms with van der Waals surface area (Å²) in [5.74, 6) is 1.52. The molecule has 0 saturated carbocycles. The topological polar surface area (TPSA) is 67.2 Å². The van der Waals surface area contributed by atoms with E-state index >= 15 is 0 Å². The van der Waals surface area contributed by atoms with Crippen LogP contribution in [0.5, 0.6) is 0 Å². The van der Waals surface area contributed by atoms with Gasteiger partial charge in [0.15, 0.2) is 0 Å². The van der Waals surface area contributed by atoms with Crippen LogP contribution in [0.4, 0.5) is 0 Å². The Morgan fingerprint density at radius 2 is 2.06 bits per heavy atom. The first-order chi connectivity index (χ1) is 7.86. The predicted molar refractivity (Wildman–Crippen MR) is 65.5 cm³/mol. The molecule has 17 heavy (non-hydrogen) atoms. The van der Waals surface area contributed by atoms with Gasteiger partial charge in [0.1, 0.15) is 5.76 Å². The Labute approximate surface area is 102 Å². The molecule has 0 radical (unpaired) electrons. The van der Waals surface area contributed by atoms with Gasteiger partial charge in [-0.05, 0) is 27.7 Å². The summed E-state index contributed by atoms with van der Waals surface area (Å²) in [6.45, 7) is 8.70. The molecule has 0 fully saturated rings. The van der Waals surface area contributed by atoms with Gasteiger partial charge >= 0.3 is 0 Å². The van der Waals surface area contributed by atoms with Crippen molar-refractivity contribution in [2.45, 2.75) is 34.2 Å². The molecule has 0 saturated heterocycles. The lowest BCUT2D eigenvalue weighted by Gasteiger charge is -2.22. The lowest BCUT2D eigenvalue weighted by atomic mass is 9.92. The van der Waals surface area contributed by atoms with Crippen LogP contribution in [0.25, 0.3) is 0 Å². The van der Waals surface area contributed by atoms with Crippen LogP contribution in [0.2, 0.25) is 0 Å². The average molecular weight is 239 g/mol. The summed E-state index contributed by atoms with van der Waals surface area (Å²) in [4.78, 5) is 15.8. The second-order valence-electron chi connectivity index (χ2n) is 4.82. The molecule has 2 N–H and O–H groups in total. The normalized spacial score (nSPS) is 11.6. The summed E-state index contributed by atoms with van der Waals surface area (Å²) in [7, 11) is 1.64. The summed E-state index contributed by atoms with van der Waals surface area (Å²) in [5.41, 5.74) is 0.471. The molecular weight excluding hydrogens is 218 g/mol. The van der Waals surface area contributed by atoms with Crippen LogP contribution in [0.1, 0.15) is 31.2 Å². The van der Waals surface area contributed by atoms with Gasteiger partial charge in [0.2, 0.25) is 11.8 Å². The van der Waals surface area contributed by atoms with Crippen molar-refractivity contribution >= 4 is 5.91 Å². The molecule has 0 aromatic carbocycles. The van der Waals surface area contributed by atoms with Gasteiger partial charge in [-0.15, -0.1) is 0 Å². The van der Waals surface area contributed by atoms with Gasteiger partial charge in [0, 0.05) is 13.6 Å². The van der Waals surface area contributed by atoms with Gasteiger partial charge < -0.3 is 15.1 Å². The summed E-state index contributed by atoms with van der Waals surface area (Å²) >= 11 is 0. The molecule has 1 heterocycles. The van der Waals surface area contributed by atoms with Gasteiger partial charge in [-0.1, -0.05) is 0 Å². The molecule has 0 aliphatic carbocycles. The molecular formula is C12H21N3O2. The predicted octanol–water partition coefficient (Wildman–Crippen LogP) is 1.15. The number of oxazole rings is 1. The van der Waals surface area contributed by atoms with E-state index in [4.69, 9.17) is 4.42 Å². The van der Waals surface area contributed by atoms with Gasteiger partial charge in [-0.3, -0.25) is 4.79 Å². The van der Waals surface area contributed by atoms with E-state index in [0.717, 1.165) is 11.5 Å². The first-order valence-corrected chi connectivity index (χ1v) is 5.72. The number of amides is 1.